The van der Waals surface area contributed by atoms with Gasteiger partial charge in [0.05, 0.1) is 0 Å². The monoisotopic (exact) mass is 376 g/mol. The van der Waals surface area contributed by atoms with Crippen LogP contribution in [0.25, 0.3) is 11.0 Å². The number of fused-ring (bicyclic) bond motifs is 1. The smallest absolute Gasteiger partial charge is 0.242 e. The number of nitrogen functional groups attached to an aromatic ring is 1. The maximum Gasteiger partial charge on any atom is 0.242 e. The zero-order valence-electron chi connectivity index (χ0n) is 14.0. The molecular weight excluding hydrogens is 359 g/mol. The highest BCUT2D eigenvalue weighted by Crippen LogP contribution is 2.37. The van der Waals surface area contributed by atoms with Crippen LogP contribution in [0, 0.1) is 12.7 Å². The minimum absolute atomic E-state index is 0.0450. The Balaban J connectivity index is 1.93. The third kappa shape index (κ3) is 2.59. The van der Waals surface area contributed by atoms with Crippen LogP contribution in [-0.2, 0) is 9.84 Å². The number of nitrogens with two attached hydrogens (primary N) is 1. The van der Waals surface area contributed by atoms with Crippen LogP contribution >= 0.6 is 0 Å². The van der Waals surface area contributed by atoms with Gasteiger partial charge in [0.1, 0.15) is 44.4 Å². The van der Waals surface area contributed by atoms with E-state index in [1.807, 2.05) is 0 Å². The molecule has 1 saturated carbocycles. The van der Waals surface area contributed by atoms with Gasteiger partial charge in [-0.2, -0.15) is 4.98 Å². The fourth-order valence-electron chi connectivity index (χ4n) is 2.92. The summed E-state index contributed by atoms with van der Waals surface area (Å²) < 4.78 is 46.0. The Morgan fingerprint density at radius 1 is 1.27 bits per heavy atom. The van der Waals surface area contributed by atoms with E-state index in [2.05, 4.69) is 15.0 Å². The fraction of sp³-hybridized carbons (Fsp3) is 0.294. The molecular formula is C17H17FN4O3S. The zero-order valence-corrected chi connectivity index (χ0v) is 14.8. The molecule has 0 aliphatic heterocycles. The van der Waals surface area contributed by atoms with E-state index in [9.17, 15) is 12.8 Å². The number of hydrogen-bond donors (Lipinski definition) is 2. The molecule has 0 atom stereocenters. The van der Waals surface area contributed by atoms with Gasteiger partial charge in [-0.05, 0) is 38.3 Å². The van der Waals surface area contributed by atoms with E-state index in [4.69, 9.17) is 10.5 Å². The summed E-state index contributed by atoms with van der Waals surface area (Å²) in [6.07, 6.45) is 2.96. The maximum absolute atomic E-state index is 14.1. The van der Waals surface area contributed by atoms with Gasteiger partial charge in [0.15, 0.2) is 0 Å². The van der Waals surface area contributed by atoms with E-state index in [0.717, 1.165) is 25.3 Å². The Labute approximate surface area is 149 Å². The number of aromatic amines is 1. The second-order valence-electron chi connectivity index (χ2n) is 6.27. The zero-order chi connectivity index (χ0) is 18.5. The SMILES string of the molecule is Cc1nc(OC2CCC2)c2[nH]c(N)c(S(=O)(=O)c3ccccc3F)c2n1. The molecule has 26 heavy (non-hydrogen) atoms. The first-order valence-electron chi connectivity index (χ1n) is 8.20. The minimum atomic E-state index is -4.21. The second-order valence-corrected chi connectivity index (χ2v) is 8.13. The molecule has 1 aliphatic rings. The number of aryl methyl sites for hydroxylation is 1. The Morgan fingerprint density at radius 3 is 2.65 bits per heavy atom. The fourth-order valence-corrected chi connectivity index (χ4v) is 4.46. The third-order valence-corrected chi connectivity index (χ3v) is 6.29. The van der Waals surface area contributed by atoms with Gasteiger partial charge < -0.3 is 15.5 Å². The summed E-state index contributed by atoms with van der Waals surface area (Å²) in [7, 11) is -4.21. The van der Waals surface area contributed by atoms with E-state index in [1.165, 1.54) is 18.2 Å². The Hall–Kier alpha value is -2.68. The second kappa shape index (κ2) is 5.94. The van der Waals surface area contributed by atoms with E-state index in [1.54, 1.807) is 6.92 Å². The number of hydrogen-bond acceptors (Lipinski definition) is 6. The Bertz CT molecular complexity index is 1110. The van der Waals surface area contributed by atoms with Crippen LogP contribution in [0.2, 0.25) is 0 Å². The lowest BCUT2D eigenvalue weighted by atomic mass is 9.96. The highest BCUT2D eigenvalue weighted by molar-refractivity contribution is 7.92. The molecule has 3 aromatic rings. The van der Waals surface area contributed by atoms with Crippen LogP contribution in [0.15, 0.2) is 34.1 Å². The molecule has 0 bridgehead atoms. The summed E-state index contributed by atoms with van der Waals surface area (Å²) in [4.78, 5) is 10.6. The van der Waals surface area contributed by atoms with E-state index < -0.39 is 20.5 Å². The van der Waals surface area contributed by atoms with Crippen LogP contribution in [0.3, 0.4) is 0 Å². The summed E-state index contributed by atoms with van der Waals surface area (Å²) in [5, 5.41) is 0. The molecule has 0 amide bonds. The van der Waals surface area contributed by atoms with Crippen LogP contribution < -0.4 is 10.5 Å². The van der Waals surface area contributed by atoms with Gasteiger partial charge in [0.25, 0.3) is 0 Å². The van der Waals surface area contributed by atoms with Crippen molar-refractivity contribution in [1.82, 2.24) is 15.0 Å². The average molecular weight is 376 g/mol. The molecule has 4 rings (SSSR count). The van der Waals surface area contributed by atoms with Crippen molar-refractivity contribution in [3.8, 4) is 5.88 Å². The highest BCUT2D eigenvalue weighted by Gasteiger charge is 2.31. The van der Waals surface area contributed by atoms with Gasteiger partial charge in [0, 0.05) is 0 Å². The summed E-state index contributed by atoms with van der Waals surface area (Å²) >= 11 is 0. The van der Waals surface area contributed by atoms with Crippen LogP contribution in [0.5, 0.6) is 5.88 Å². The normalized spacial score (nSPS) is 15.2. The molecule has 0 spiro atoms. The van der Waals surface area contributed by atoms with Crippen molar-refractivity contribution in [2.75, 3.05) is 5.73 Å². The topological polar surface area (TPSA) is 111 Å². The molecule has 7 nitrogen and oxygen atoms in total. The number of anilines is 1. The Kier molecular flexibility index (Phi) is 3.83. The van der Waals surface area contributed by atoms with Crippen molar-refractivity contribution in [3.05, 3.63) is 35.9 Å². The van der Waals surface area contributed by atoms with Crippen molar-refractivity contribution < 1.29 is 17.5 Å². The molecule has 2 heterocycles. The molecule has 0 radical (unpaired) electrons. The van der Waals surface area contributed by atoms with Gasteiger partial charge >= 0.3 is 0 Å². The number of aromatic nitrogens is 3. The molecule has 1 fully saturated rings. The predicted octanol–water partition coefficient (Wildman–Crippen LogP) is 2.75. The van der Waals surface area contributed by atoms with Gasteiger partial charge in [-0.1, -0.05) is 12.1 Å². The number of sulfone groups is 1. The number of benzene rings is 1. The number of nitrogens with one attached hydrogen (secondary N) is 1. The van der Waals surface area contributed by atoms with Crippen molar-refractivity contribution in [2.24, 2.45) is 0 Å². The van der Waals surface area contributed by atoms with Gasteiger partial charge in [-0.25, -0.2) is 17.8 Å². The molecule has 2 aromatic heterocycles. The van der Waals surface area contributed by atoms with Gasteiger partial charge in [-0.15, -0.1) is 0 Å². The predicted molar refractivity (Wildman–Crippen MR) is 93.2 cm³/mol. The molecule has 136 valence electrons. The lowest BCUT2D eigenvalue weighted by Gasteiger charge is -2.25. The van der Waals surface area contributed by atoms with E-state index >= 15 is 0 Å². The quantitative estimate of drug-likeness (QED) is 0.724. The molecule has 9 heteroatoms. The summed E-state index contributed by atoms with van der Waals surface area (Å²) in [6, 6.07) is 5.15. The lowest BCUT2D eigenvalue weighted by molar-refractivity contribution is 0.116. The van der Waals surface area contributed by atoms with Gasteiger partial charge in [0.2, 0.25) is 15.7 Å². The van der Waals surface area contributed by atoms with E-state index in [-0.39, 0.29) is 28.2 Å². The van der Waals surface area contributed by atoms with E-state index in [0.29, 0.717) is 11.3 Å². The number of ether oxygens (including phenoxy) is 1. The number of H-pyrrole nitrogens is 1. The lowest BCUT2D eigenvalue weighted by Crippen LogP contribution is -2.25. The molecule has 3 N–H and O–H groups in total. The molecule has 0 saturated heterocycles. The maximum atomic E-state index is 14.1. The standard InChI is InChI=1S/C17H17FN4O3S/c1-9-20-13-14(17(21-9)25-10-5-4-6-10)22-16(19)15(13)26(23,24)12-8-3-2-7-11(12)18/h2-3,7-8,10,22H,4-6,19H2,1H3. The van der Waals surface area contributed by atoms with Gasteiger partial charge in [-0.3, -0.25) is 0 Å². The Morgan fingerprint density at radius 2 is 2.00 bits per heavy atom. The van der Waals surface area contributed by atoms with Crippen molar-refractivity contribution in [3.63, 3.8) is 0 Å². The third-order valence-electron chi connectivity index (χ3n) is 4.43. The first-order valence-corrected chi connectivity index (χ1v) is 9.68. The van der Waals surface area contributed by atoms with Crippen molar-refractivity contribution >= 4 is 26.7 Å². The van der Waals surface area contributed by atoms with Crippen LogP contribution in [0.4, 0.5) is 10.2 Å². The van der Waals surface area contributed by atoms with Crippen LogP contribution in [-0.4, -0.2) is 29.5 Å². The highest BCUT2D eigenvalue weighted by atomic mass is 32.2. The largest absolute Gasteiger partial charge is 0.473 e. The first-order chi connectivity index (χ1) is 12.4. The molecule has 1 aromatic carbocycles. The minimum Gasteiger partial charge on any atom is -0.473 e. The number of rotatable bonds is 4. The molecule has 1 aliphatic carbocycles. The summed E-state index contributed by atoms with van der Waals surface area (Å²) in [6.45, 7) is 1.63. The van der Waals surface area contributed by atoms with Crippen molar-refractivity contribution in [2.45, 2.75) is 42.1 Å². The number of nitrogens with zero attached hydrogens (tertiary/aromatic N) is 2. The summed E-state index contributed by atoms with van der Waals surface area (Å²) in [5.41, 5.74) is 6.35. The average Bonchev–Trinajstić information content (AvgIpc) is 2.87. The molecule has 0 unspecified atom stereocenters. The van der Waals surface area contributed by atoms with Crippen LogP contribution in [0.1, 0.15) is 25.1 Å². The first kappa shape index (κ1) is 16.8. The van der Waals surface area contributed by atoms with Crippen molar-refractivity contribution in [1.29, 1.82) is 0 Å². The summed E-state index contributed by atoms with van der Waals surface area (Å²) in [5.74, 6) is -0.366. The number of halogens is 1.